The highest BCUT2D eigenvalue weighted by Gasteiger charge is 2.17. The van der Waals surface area contributed by atoms with Crippen molar-refractivity contribution in [3.05, 3.63) is 0 Å². The summed E-state index contributed by atoms with van der Waals surface area (Å²) >= 11 is 0. The Balaban J connectivity index is 3.19. The van der Waals surface area contributed by atoms with E-state index < -0.39 is 11.7 Å². The molecule has 0 saturated heterocycles. The number of alkyl carbamates (subject to hydrolysis) is 1. The third kappa shape index (κ3) is 35.5. The van der Waals surface area contributed by atoms with Gasteiger partial charge in [0.25, 0.3) is 0 Å². The molecule has 0 spiro atoms. The second kappa shape index (κ2) is 34.3. The van der Waals surface area contributed by atoms with Crippen molar-refractivity contribution in [2.45, 2.75) is 65.9 Å². The van der Waals surface area contributed by atoms with Crippen molar-refractivity contribution >= 4 is 12.1 Å². The summed E-state index contributed by atoms with van der Waals surface area (Å²) in [5, 5.41) is 2.63. The second-order valence-corrected chi connectivity index (χ2v) is 11.4. The van der Waals surface area contributed by atoms with Crippen LogP contribution in [-0.4, -0.2) is 150 Å². The fourth-order valence-corrected chi connectivity index (χ4v) is 3.66. The van der Waals surface area contributed by atoms with Gasteiger partial charge in [-0.1, -0.05) is 26.7 Å². The van der Waals surface area contributed by atoms with Crippen LogP contribution in [0.3, 0.4) is 0 Å². The van der Waals surface area contributed by atoms with Crippen LogP contribution in [-0.2, 0) is 56.9 Å². The largest absolute Gasteiger partial charge is 0.463 e. The number of esters is 1. The number of amides is 1. The number of carbonyl (C=O) groups excluding carboxylic acids is 2. The number of unbranched alkanes of at least 4 members (excludes halogenated alkanes) is 1. The first kappa shape index (κ1) is 45.4. The summed E-state index contributed by atoms with van der Waals surface area (Å²) in [7, 11) is 0. The number of hydrogen-bond acceptors (Lipinski definition) is 13. The summed E-state index contributed by atoms with van der Waals surface area (Å²) in [6.07, 6.45) is 3.37. The molecule has 0 fully saturated rings. The van der Waals surface area contributed by atoms with E-state index >= 15 is 0 Å². The van der Waals surface area contributed by atoms with Crippen LogP contribution in [0.2, 0.25) is 0 Å². The summed E-state index contributed by atoms with van der Waals surface area (Å²) < 4.78 is 59.5. The average Bonchev–Trinajstić information content (AvgIpc) is 3.03. The Morgan fingerprint density at radius 3 is 1.19 bits per heavy atom. The molecule has 1 atom stereocenters. The highest BCUT2D eigenvalue weighted by Crippen LogP contribution is 2.14. The van der Waals surface area contributed by atoms with Crippen molar-refractivity contribution in [1.29, 1.82) is 0 Å². The molecule has 0 aliphatic rings. The second-order valence-electron chi connectivity index (χ2n) is 11.4. The zero-order valence-electron chi connectivity index (χ0n) is 29.9. The minimum Gasteiger partial charge on any atom is -0.463 e. The number of hydrogen-bond donors (Lipinski definition) is 1. The lowest BCUT2D eigenvalue weighted by Crippen LogP contribution is -2.34. The van der Waals surface area contributed by atoms with Gasteiger partial charge in [0.15, 0.2) is 0 Å². The van der Waals surface area contributed by atoms with Crippen molar-refractivity contribution in [3.63, 3.8) is 0 Å². The van der Waals surface area contributed by atoms with E-state index in [0.29, 0.717) is 125 Å². The lowest BCUT2D eigenvalue weighted by atomic mass is 10.00. The van der Waals surface area contributed by atoms with E-state index in [-0.39, 0.29) is 18.5 Å². The topological polar surface area (TPSA) is 148 Å². The maximum atomic E-state index is 12.0. The van der Waals surface area contributed by atoms with E-state index in [1.165, 1.54) is 0 Å². The first-order valence-corrected chi connectivity index (χ1v) is 17.1. The van der Waals surface area contributed by atoms with E-state index in [1.54, 1.807) is 0 Å². The van der Waals surface area contributed by atoms with Gasteiger partial charge in [0.2, 0.25) is 0 Å². The Hall–Kier alpha value is -1.62. The summed E-state index contributed by atoms with van der Waals surface area (Å²) in [6, 6.07) is 0. The normalized spacial score (nSPS) is 12.3. The van der Waals surface area contributed by atoms with Crippen LogP contribution in [0.25, 0.3) is 0 Å². The first-order chi connectivity index (χ1) is 22.8. The van der Waals surface area contributed by atoms with Gasteiger partial charge in [0, 0.05) is 6.54 Å². The molecule has 1 N–H and O–H groups in total. The summed E-state index contributed by atoms with van der Waals surface area (Å²) in [4.78, 5) is 23.5. The first-order valence-electron chi connectivity index (χ1n) is 17.1. The smallest absolute Gasteiger partial charge is 0.407 e. The fraction of sp³-hybridized carbons (Fsp3) is 0.939. The van der Waals surface area contributed by atoms with Crippen LogP contribution in [0.15, 0.2) is 0 Å². The van der Waals surface area contributed by atoms with E-state index in [2.05, 4.69) is 12.2 Å². The van der Waals surface area contributed by atoms with Crippen molar-refractivity contribution in [2.24, 2.45) is 5.92 Å². The third-order valence-corrected chi connectivity index (χ3v) is 6.09. The predicted octanol–water partition coefficient (Wildman–Crippen LogP) is 3.42. The highest BCUT2D eigenvalue weighted by atomic mass is 16.6. The molecular weight excluding hydrogens is 618 g/mol. The maximum absolute atomic E-state index is 12.0. The van der Waals surface area contributed by atoms with Gasteiger partial charge in [0.05, 0.1) is 125 Å². The predicted molar refractivity (Wildman–Crippen MR) is 176 cm³/mol. The molecule has 0 aromatic rings. The van der Waals surface area contributed by atoms with E-state index in [4.69, 9.17) is 52.1 Å². The fourth-order valence-electron chi connectivity index (χ4n) is 3.66. The van der Waals surface area contributed by atoms with Gasteiger partial charge in [0.1, 0.15) is 12.2 Å². The molecule has 0 saturated carbocycles. The number of carbonyl (C=O) groups is 2. The molecule has 14 heteroatoms. The molecule has 0 rings (SSSR count). The van der Waals surface area contributed by atoms with E-state index in [9.17, 15) is 9.59 Å². The molecule has 0 aromatic heterocycles. The van der Waals surface area contributed by atoms with Crippen LogP contribution in [0.4, 0.5) is 4.79 Å². The van der Waals surface area contributed by atoms with Crippen LogP contribution in [0, 0.1) is 5.92 Å². The van der Waals surface area contributed by atoms with Crippen molar-refractivity contribution in [2.75, 3.05) is 132 Å². The van der Waals surface area contributed by atoms with Crippen molar-refractivity contribution in [1.82, 2.24) is 5.32 Å². The molecule has 0 bridgehead atoms. The van der Waals surface area contributed by atoms with Gasteiger partial charge in [-0.25, -0.2) is 4.79 Å². The van der Waals surface area contributed by atoms with Crippen molar-refractivity contribution < 1.29 is 61.7 Å². The number of nitrogens with one attached hydrogen (secondary N) is 1. The maximum Gasteiger partial charge on any atom is 0.407 e. The standard InChI is InChI=1S/C33H65NO13/c1-6-8-9-30(7-2)31(35)46-29-28-45-27-26-44-25-24-43-23-22-42-21-20-41-19-18-40-17-16-39-15-14-38-13-12-37-11-10-34-32(36)47-33(3,4)5/h30H,6-29H2,1-5H3,(H,34,36). The monoisotopic (exact) mass is 683 g/mol. The Morgan fingerprint density at radius 2 is 0.872 bits per heavy atom. The van der Waals surface area contributed by atoms with E-state index in [0.717, 1.165) is 25.7 Å². The summed E-state index contributed by atoms with van der Waals surface area (Å²) in [6.45, 7) is 18.6. The van der Waals surface area contributed by atoms with E-state index in [1.807, 2.05) is 27.7 Å². The van der Waals surface area contributed by atoms with Gasteiger partial charge >= 0.3 is 12.1 Å². The van der Waals surface area contributed by atoms with Gasteiger partial charge in [-0.3, -0.25) is 4.79 Å². The van der Waals surface area contributed by atoms with Gasteiger partial charge in [-0.15, -0.1) is 0 Å². The Bertz CT molecular complexity index is 694. The number of rotatable bonds is 35. The molecule has 0 aliphatic carbocycles. The molecule has 1 amide bonds. The minimum atomic E-state index is -0.513. The molecule has 14 nitrogen and oxygen atoms in total. The van der Waals surface area contributed by atoms with Crippen LogP contribution in [0.5, 0.6) is 0 Å². The average molecular weight is 684 g/mol. The van der Waals surface area contributed by atoms with Crippen LogP contribution in [0.1, 0.15) is 60.3 Å². The Morgan fingerprint density at radius 1 is 0.532 bits per heavy atom. The Kier molecular flexibility index (Phi) is 33.1. The molecule has 0 heterocycles. The molecule has 280 valence electrons. The lowest BCUT2D eigenvalue weighted by molar-refractivity contribution is -0.150. The minimum absolute atomic E-state index is 0.00688. The summed E-state index contributed by atoms with van der Waals surface area (Å²) in [5.41, 5.74) is -0.513. The molecule has 0 radical (unpaired) electrons. The highest BCUT2D eigenvalue weighted by molar-refractivity contribution is 5.72. The van der Waals surface area contributed by atoms with Crippen molar-refractivity contribution in [3.8, 4) is 0 Å². The zero-order valence-corrected chi connectivity index (χ0v) is 29.9. The third-order valence-electron chi connectivity index (χ3n) is 6.09. The van der Waals surface area contributed by atoms with Crippen LogP contribution >= 0.6 is 0 Å². The van der Waals surface area contributed by atoms with Crippen LogP contribution < -0.4 is 5.32 Å². The quantitative estimate of drug-likeness (QED) is 0.0769. The molecule has 1 unspecified atom stereocenters. The molecule has 0 aliphatic heterocycles. The lowest BCUT2D eigenvalue weighted by Gasteiger charge is -2.19. The zero-order chi connectivity index (χ0) is 34.7. The van der Waals surface area contributed by atoms with Gasteiger partial charge in [-0.2, -0.15) is 0 Å². The molecular formula is C33H65NO13. The SMILES string of the molecule is CCCCC(CC)C(=O)OCCOCCOCCOCCOCCOCCOCCOCCOCCOCCNC(=O)OC(C)(C)C. The van der Waals surface area contributed by atoms with Gasteiger partial charge in [-0.05, 0) is 33.6 Å². The Labute approximate surface area is 283 Å². The number of ether oxygens (including phenoxy) is 11. The molecule has 0 aromatic carbocycles. The molecule has 47 heavy (non-hydrogen) atoms. The van der Waals surface area contributed by atoms with Gasteiger partial charge < -0.3 is 57.4 Å². The summed E-state index contributed by atoms with van der Waals surface area (Å²) in [5.74, 6) is -0.130.